The van der Waals surface area contributed by atoms with E-state index in [1.807, 2.05) is 84.5 Å². The van der Waals surface area contributed by atoms with Crippen molar-refractivity contribution in [3.8, 4) is 5.75 Å². The highest BCUT2D eigenvalue weighted by atomic mass is 16.5. The molecule has 0 radical (unpaired) electrons. The first kappa shape index (κ1) is 22.1. The molecule has 168 valence electrons. The van der Waals surface area contributed by atoms with Crippen LogP contribution in [0, 0.1) is 0 Å². The Kier molecular flexibility index (Phi) is 6.69. The van der Waals surface area contributed by atoms with Gasteiger partial charge in [0.1, 0.15) is 17.6 Å². The molecule has 3 aromatic carbocycles. The molecule has 0 fully saturated rings. The molecule has 33 heavy (non-hydrogen) atoms. The molecule has 0 saturated heterocycles. The fourth-order valence-electron chi connectivity index (χ4n) is 3.82. The molecule has 1 aromatic heterocycles. The number of hydrogen-bond acceptors (Lipinski definition) is 4. The second-order valence-corrected chi connectivity index (χ2v) is 7.76. The number of methoxy groups -OCH3 is 1. The Morgan fingerprint density at radius 3 is 2.48 bits per heavy atom. The Labute approximate surface area is 192 Å². The smallest absolute Gasteiger partial charge is 0.240 e. The monoisotopic (exact) mass is 442 g/mol. The van der Waals surface area contributed by atoms with Crippen LogP contribution >= 0.6 is 0 Å². The summed E-state index contributed by atoms with van der Waals surface area (Å²) in [6.45, 7) is -0.124. The summed E-state index contributed by atoms with van der Waals surface area (Å²) in [6.07, 6.45) is 3.71. The first-order valence-corrected chi connectivity index (χ1v) is 10.7. The maximum absolute atomic E-state index is 12.7. The van der Waals surface area contributed by atoms with Gasteiger partial charge in [-0.3, -0.25) is 9.59 Å². The van der Waals surface area contributed by atoms with E-state index < -0.39 is 6.04 Å². The minimum atomic E-state index is -0.460. The van der Waals surface area contributed by atoms with E-state index in [9.17, 15) is 9.59 Å². The molecule has 0 aliphatic rings. The highest BCUT2D eigenvalue weighted by molar-refractivity contribution is 5.91. The summed E-state index contributed by atoms with van der Waals surface area (Å²) < 4.78 is 7.08. The van der Waals surface area contributed by atoms with Crippen molar-refractivity contribution in [3.05, 3.63) is 96.1 Å². The van der Waals surface area contributed by atoms with Gasteiger partial charge in [-0.1, -0.05) is 54.6 Å². The van der Waals surface area contributed by atoms with E-state index in [1.54, 1.807) is 13.3 Å². The number of rotatable bonds is 8. The predicted octanol–water partition coefficient (Wildman–Crippen LogP) is 3.15. The van der Waals surface area contributed by atoms with E-state index in [0.29, 0.717) is 5.82 Å². The van der Waals surface area contributed by atoms with Crippen LogP contribution in [0.25, 0.3) is 10.8 Å². The molecule has 1 unspecified atom stereocenters. The third kappa shape index (κ3) is 5.20. The van der Waals surface area contributed by atoms with E-state index in [1.165, 1.54) is 0 Å². The van der Waals surface area contributed by atoms with E-state index in [2.05, 4.69) is 15.6 Å². The number of carbonyl (C=O) groups is 2. The van der Waals surface area contributed by atoms with Crippen LogP contribution in [0.15, 0.2) is 79.1 Å². The van der Waals surface area contributed by atoms with Crippen molar-refractivity contribution in [2.75, 3.05) is 13.7 Å². The lowest BCUT2D eigenvalue weighted by Gasteiger charge is -2.19. The van der Waals surface area contributed by atoms with Crippen LogP contribution < -0.4 is 15.4 Å². The van der Waals surface area contributed by atoms with Gasteiger partial charge in [0.05, 0.1) is 20.1 Å². The number of amides is 2. The van der Waals surface area contributed by atoms with Crippen molar-refractivity contribution < 1.29 is 14.3 Å². The summed E-state index contributed by atoms with van der Waals surface area (Å²) in [5, 5.41) is 7.83. The Bertz CT molecular complexity index is 1260. The van der Waals surface area contributed by atoms with Crippen LogP contribution in [0.1, 0.15) is 23.0 Å². The molecule has 2 amide bonds. The van der Waals surface area contributed by atoms with Gasteiger partial charge in [-0.2, -0.15) is 0 Å². The second kappa shape index (κ2) is 9.99. The zero-order valence-corrected chi connectivity index (χ0v) is 18.6. The van der Waals surface area contributed by atoms with Gasteiger partial charge in [0.15, 0.2) is 0 Å². The molecule has 0 saturated carbocycles. The lowest BCUT2D eigenvalue weighted by molar-refractivity contribution is -0.126. The number of carbonyl (C=O) groups excluding carboxylic acids is 2. The maximum atomic E-state index is 12.7. The number of benzene rings is 3. The Morgan fingerprint density at radius 2 is 1.76 bits per heavy atom. The van der Waals surface area contributed by atoms with Gasteiger partial charge in [0.25, 0.3) is 0 Å². The van der Waals surface area contributed by atoms with E-state index in [0.717, 1.165) is 27.6 Å². The number of hydrogen-bond donors (Lipinski definition) is 2. The average Bonchev–Trinajstić information content (AvgIpc) is 3.27. The van der Waals surface area contributed by atoms with Crippen LogP contribution in [0.2, 0.25) is 0 Å². The number of ether oxygens (including phenoxy) is 1. The fourth-order valence-corrected chi connectivity index (χ4v) is 3.82. The number of nitrogens with one attached hydrogen (secondary N) is 2. The summed E-state index contributed by atoms with van der Waals surface area (Å²) in [5.74, 6) is 0.907. The van der Waals surface area contributed by atoms with Gasteiger partial charge in [-0.15, -0.1) is 0 Å². The van der Waals surface area contributed by atoms with Gasteiger partial charge in [-0.05, 0) is 34.0 Å². The average molecular weight is 443 g/mol. The highest BCUT2D eigenvalue weighted by Crippen LogP contribution is 2.23. The minimum Gasteiger partial charge on any atom is -0.497 e. The van der Waals surface area contributed by atoms with Crippen molar-refractivity contribution in [1.29, 1.82) is 0 Å². The first-order valence-electron chi connectivity index (χ1n) is 10.7. The molecular weight excluding hydrogens is 416 g/mol. The fraction of sp³-hybridized carbons (Fsp3) is 0.192. The van der Waals surface area contributed by atoms with Crippen LogP contribution in [0.4, 0.5) is 0 Å². The predicted molar refractivity (Wildman–Crippen MR) is 127 cm³/mol. The molecule has 0 aliphatic heterocycles. The van der Waals surface area contributed by atoms with Gasteiger partial charge < -0.3 is 19.9 Å². The third-order valence-electron chi connectivity index (χ3n) is 5.55. The lowest BCUT2D eigenvalue weighted by atomic mass is 10.0. The maximum Gasteiger partial charge on any atom is 0.240 e. The SMILES string of the molecule is COc1ccc(C(NC(=O)CNC(=O)Cc2cccc3ccccc23)c2nccn2C)cc1. The second-order valence-electron chi connectivity index (χ2n) is 7.76. The van der Waals surface area contributed by atoms with Crippen molar-refractivity contribution in [2.45, 2.75) is 12.5 Å². The van der Waals surface area contributed by atoms with Crippen LogP contribution in [-0.4, -0.2) is 35.0 Å². The molecule has 7 nitrogen and oxygen atoms in total. The van der Waals surface area contributed by atoms with Gasteiger partial charge >= 0.3 is 0 Å². The van der Waals surface area contributed by atoms with Gasteiger partial charge in [0.2, 0.25) is 11.8 Å². The van der Waals surface area contributed by atoms with Crippen LogP contribution in [-0.2, 0) is 23.1 Å². The normalized spacial score (nSPS) is 11.7. The van der Waals surface area contributed by atoms with Crippen LogP contribution in [0.5, 0.6) is 5.75 Å². The summed E-state index contributed by atoms with van der Waals surface area (Å²) in [4.78, 5) is 29.7. The molecule has 1 atom stereocenters. The number of imidazole rings is 1. The Balaban J connectivity index is 1.42. The number of fused-ring (bicyclic) bond motifs is 1. The van der Waals surface area contributed by atoms with E-state index in [4.69, 9.17) is 4.74 Å². The first-order chi connectivity index (χ1) is 16.0. The summed E-state index contributed by atoms with van der Waals surface area (Å²) >= 11 is 0. The zero-order chi connectivity index (χ0) is 23.2. The third-order valence-corrected chi connectivity index (χ3v) is 5.55. The number of nitrogens with zero attached hydrogens (tertiary/aromatic N) is 2. The zero-order valence-electron chi connectivity index (χ0n) is 18.6. The minimum absolute atomic E-state index is 0.124. The summed E-state index contributed by atoms with van der Waals surface area (Å²) in [7, 11) is 3.48. The molecule has 0 aliphatic carbocycles. The molecule has 7 heteroatoms. The lowest BCUT2D eigenvalue weighted by Crippen LogP contribution is -2.40. The summed E-state index contributed by atoms with van der Waals surface area (Å²) in [5.41, 5.74) is 1.79. The Morgan fingerprint density at radius 1 is 1.00 bits per heavy atom. The quantitative estimate of drug-likeness (QED) is 0.439. The molecule has 0 spiro atoms. The Hall–Kier alpha value is -4.13. The van der Waals surface area contributed by atoms with Gasteiger partial charge in [-0.25, -0.2) is 4.98 Å². The number of aryl methyl sites for hydroxylation is 1. The van der Waals surface area contributed by atoms with Gasteiger partial charge in [0, 0.05) is 19.4 Å². The van der Waals surface area contributed by atoms with E-state index >= 15 is 0 Å². The van der Waals surface area contributed by atoms with Crippen molar-refractivity contribution in [1.82, 2.24) is 20.2 Å². The molecule has 0 bridgehead atoms. The van der Waals surface area contributed by atoms with Crippen molar-refractivity contribution in [2.24, 2.45) is 7.05 Å². The topological polar surface area (TPSA) is 85.2 Å². The van der Waals surface area contributed by atoms with Crippen LogP contribution in [0.3, 0.4) is 0 Å². The van der Waals surface area contributed by atoms with E-state index in [-0.39, 0.29) is 24.8 Å². The number of aromatic nitrogens is 2. The van der Waals surface area contributed by atoms with Crippen molar-refractivity contribution >= 4 is 22.6 Å². The largest absolute Gasteiger partial charge is 0.497 e. The summed E-state index contributed by atoms with van der Waals surface area (Å²) in [6, 6.07) is 20.8. The highest BCUT2D eigenvalue weighted by Gasteiger charge is 2.21. The molecule has 4 rings (SSSR count). The van der Waals surface area contributed by atoms with Crippen molar-refractivity contribution in [3.63, 3.8) is 0 Å². The molecule has 1 heterocycles. The molecule has 2 N–H and O–H groups in total. The standard InChI is InChI=1S/C26H26N4O3/c1-30-15-14-27-26(30)25(19-10-12-21(33-2)13-11-19)29-24(32)17-28-23(31)16-20-8-5-7-18-6-3-4-9-22(18)20/h3-15,25H,16-17H2,1-2H3,(H,28,31)(H,29,32). The molecule has 4 aromatic rings. The molecular formula is C26H26N4O3.